The molecule has 1 fully saturated rings. The SMILES string of the molecule is O=C(CCc1cc(-c2ccc(C(F)(F)F)nc2)ncn1)[C@@H]1C[C@@H](F)CN1S(=O)(=O)c1ccc(Cl)s1. The second-order valence-electron chi connectivity index (χ2n) is 7.77. The minimum atomic E-state index is -4.56. The van der Waals surface area contributed by atoms with Crippen molar-refractivity contribution >= 4 is 38.7 Å². The molecule has 0 amide bonds. The monoisotopic (exact) mass is 548 g/mol. The van der Waals surface area contributed by atoms with Crippen molar-refractivity contribution in [3.63, 3.8) is 0 Å². The van der Waals surface area contributed by atoms with Gasteiger partial charge in [-0.2, -0.15) is 17.5 Å². The number of sulfonamides is 1. The molecule has 3 aromatic heterocycles. The number of aromatic nitrogens is 3. The van der Waals surface area contributed by atoms with E-state index in [1.807, 2.05) is 0 Å². The zero-order valence-electron chi connectivity index (χ0n) is 17.7. The lowest BCUT2D eigenvalue weighted by molar-refractivity contribution is -0.141. The van der Waals surface area contributed by atoms with E-state index in [1.165, 1.54) is 30.6 Å². The molecule has 0 N–H and O–H groups in total. The third kappa shape index (κ3) is 5.68. The first-order valence-electron chi connectivity index (χ1n) is 10.2. The maximum absolute atomic E-state index is 14.2. The van der Waals surface area contributed by atoms with Crippen LogP contribution < -0.4 is 0 Å². The Hall–Kier alpha value is -2.48. The number of carbonyl (C=O) groups is 1. The molecule has 2 atom stereocenters. The summed E-state index contributed by atoms with van der Waals surface area (Å²) in [6, 6.07) is 5.14. The highest BCUT2D eigenvalue weighted by Gasteiger charge is 2.44. The van der Waals surface area contributed by atoms with Crippen LogP contribution in [0.3, 0.4) is 0 Å². The third-order valence-electron chi connectivity index (χ3n) is 5.39. The third-order valence-corrected chi connectivity index (χ3v) is 8.96. The molecule has 3 aromatic rings. The lowest BCUT2D eigenvalue weighted by Crippen LogP contribution is -2.40. The number of Topliss-reactive ketones (excluding diaryl/α,β-unsaturated/α-hetero) is 1. The molecule has 1 aliphatic heterocycles. The number of hydrogen-bond acceptors (Lipinski definition) is 7. The average molecular weight is 549 g/mol. The van der Waals surface area contributed by atoms with Gasteiger partial charge in [-0.05, 0) is 36.8 Å². The highest BCUT2D eigenvalue weighted by molar-refractivity contribution is 7.91. The number of rotatable bonds is 7. The zero-order chi connectivity index (χ0) is 25.4. The van der Waals surface area contributed by atoms with Crippen molar-refractivity contribution in [3.8, 4) is 11.3 Å². The summed E-state index contributed by atoms with van der Waals surface area (Å²) < 4.78 is 79.3. The molecule has 35 heavy (non-hydrogen) atoms. The van der Waals surface area contributed by atoms with Gasteiger partial charge in [0.25, 0.3) is 10.0 Å². The van der Waals surface area contributed by atoms with E-state index in [4.69, 9.17) is 11.6 Å². The minimum Gasteiger partial charge on any atom is -0.298 e. The van der Waals surface area contributed by atoms with Gasteiger partial charge in [-0.15, -0.1) is 11.3 Å². The van der Waals surface area contributed by atoms with Crippen LogP contribution in [-0.4, -0.2) is 52.2 Å². The summed E-state index contributed by atoms with van der Waals surface area (Å²) in [6.07, 6.45) is -4.05. The fourth-order valence-electron chi connectivity index (χ4n) is 3.69. The largest absolute Gasteiger partial charge is 0.433 e. The van der Waals surface area contributed by atoms with Crippen LogP contribution in [0.15, 0.2) is 47.1 Å². The van der Waals surface area contributed by atoms with Crippen molar-refractivity contribution < 1.29 is 30.8 Å². The highest BCUT2D eigenvalue weighted by atomic mass is 35.5. The van der Waals surface area contributed by atoms with Gasteiger partial charge in [-0.3, -0.25) is 9.78 Å². The van der Waals surface area contributed by atoms with Crippen molar-refractivity contribution in [2.24, 2.45) is 0 Å². The van der Waals surface area contributed by atoms with Gasteiger partial charge in [0.15, 0.2) is 5.78 Å². The smallest absolute Gasteiger partial charge is 0.298 e. The quantitative estimate of drug-likeness (QED) is 0.401. The second-order valence-corrected chi connectivity index (χ2v) is 11.6. The van der Waals surface area contributed by atoms with Gasteiger partial charge in [0.05, 0.1) is 16.1 Å². The van der Waals surface area contributed by atoms with Gasteiger partial charge in [0, 0.05) is 36.8 Å². The molecule has 1 aliphatic rings. The summed E-state index contributed by atoms with van der Waals surface area (Å²) in [5, 5.41) is 0. The van der Waals surface area contributed by atoms with E-state index in [9.17, 15) is 30.8 Å². The lowest BCUT2D eigenvalue weighted by atomic mass is 10.0. The average Bonchev–Trinajstić information content (AvgIpc) is 3.44. The Morgan fingerprint density at radius 3 is 2.57 bits per heavy atom. The van der Waals surface area contributed by atoms with Gasteiger partial charge in [-0.25, -0.2) is 22.8 Å². The maximum atomic E-state index is 14.2. The summed E-state index contributed by atoms with van der Waals surface area (Å²) >= 11 is 6.66. The molecule has 0 saturated carbocycles. The van der Waals surface area contributed by atoms with Gasteiger partial charge < -0.3 is 0 Å². The predicted molar refractivity (Wildman–Crippen MR) is 120 cm³/mol. The van der Waals surface area contributed by atoms with Gasteiger partial charge >= 0.3 is 6.18 Å². The van der Waals surface area contributed by atoms with Crippen LogP contribution >= 0.6 is 22.9 Å². The van der Waals surface area contributed by atoms with Crippen LogP contribution in [0.2, 0.25) is 4.34 Å². The number of ketones is 1. The van der Waals surface area contributed by atoms with Crippen LogP contribution in [0.4, 0.5) is 17.6 Å². The van der Waals surface area contributed by atoms with Crippen LogP contribution in [0.25, 0.3) is 11.3 Å². The zero-order valence-corrected chi connectivity index (χ0v) is 20.1. The number of aryl methyl sites for hydroxylation is 1. The lowest BCUT2D eigenvalue weighted by Gasteiger charge is -2.21. The Kier molecular flexibility index (Phi) is 7.23. The van der Waals surface area contributed by atoms with Crippen LogP contribution in [0.5, 0.6) is 0 Å². The number of thiophene rings is 1. The fraction of sp³-hybridized carbons (Fsp3) is 0.333. The van der Waals surface area contributed by atoms with E-state index < -0.39 is 46.4 Å². The predicted octanol–water partition coefficient (Wildman–Crippen LogP) is 4.58. The molecule has 1 saturated heterocycles. The molecule has 7 nitrogen and oxygen atoms in total. The molecular formula is C21H17ClF4N4O3S2. The van der Waals surface area contributed by atoms with E-state index in [1.54, 1.807) is 0 Å². The maximum Gasteiger partial charge on any atom is 0.433 e. The van der Waals surface area contributed by atoms with Gasteiger partial charge in [0.1, 0.15) is 22.4 Å². The molecule has 4 heterocycles. The van der Waals surface area contributed by atoms with Crippen molar-refractivity contribution in [2.45, 2.75) is 41.9 Å². The number of hydrogen-bond donors (Lipinski definition) is 0. The van der Waals surface area contributed by atoms with Crippen molar-refractivity contribution in [1.29, 1.82) is 0 Å². The Morgan fingerprint density at radius 2 is 1.94 bits per heavy atom. The van der Waals surface area contributed by atoms with E-state index in [0.717, 1.165) is 27.9 Å². The van der Waals surface area contributed by atoms with Crippen molar-refractivity contribution in [2.75, 3.05) is 6.54 Å². The molecule has 0 aliphatic carbocycles. The van der Waals surface area contributed by atoms with Gasteiger partial charge in [0.2, 0.25) is 0 Å². The Balaban J connectivity index is 1.46. The summed E-state index contributed by atoms with van der Waals surface area (Å²) in [6.45, 7) is -0.424. The van der Waals surface area contributed by atoms with Crippen molar-refractivity contribution in [3.05, 3.63) is 58.6 Å². The van der Waals surface area contributed by atoms with E-state index in [2.05, 4.69) is 15.0 Å². The Bertz CT molecular complexity index is 1330. The number of alkyl halides is 4. The topological polar surface area (TPSA) is 93.1 Å². The van der Waals surface area contributed by atoms with Crippen LogP contribution in [0.1, 0.15) is 24.2 Å². The van der Waals surface area contributed by atoms with E-state index >= 15 is 0 Å². The van der Waals surface area contributed by atoms with Crippen LogP contribution in [0, 0.1) is 0 Å². The Labute approximate surface area is 206 Å². The number of carbonyl (C=O) groups excluding carboxylic acids is 1. The highest BCUT2D eigenvalue weighted by Crippen LogP contribution is 2.34. The van der Waals surface area contributed by atoms with Gasteiger partial charge in [-0.1, -0.05) is 11.6 Å². The standard InChI is InChI=1S/C21H17ClF4N4O3S2/c22-19-5-6-20(34-19)35(32,33)30-10-13(23)7-16(30)17(31)3-2-14-8-15(29-11-28-14)12-1-4-18(27-9-12)21(24,25)26/h1,4-6,8-9,11,13,16H,2-3,7,10H2/t13-,16+/m1/s1. The normalized spacial score (nSPS) is 19.2. The molecule has 0 radical (unpaired) electrons. The molecule has 186 valence electrons. The summed E-state index contributed by atoms with van der Waals surface area (Å²) in [7, 11) is -4.09. The first-order chi connectivity index (χ1) is 16.4. The fourth-order valence-corrected chi connectivity index (χ4v) is 6.95. The molecule has 4 rings (SSSR count). The van der Waals surface area contributed by atoms with Crippen LogP contribution in [-0.2, 0) is 27.4 Å². The molecule has 0 unspecified atom stereocenters. The number of nitrogens with zero attached hydrogens (tertiary/aromatic N) is 4. The number of halogens is 5. The molecule has 0 bridgehead atoms. The summed E-state index contributed by atoms with van der Waals surface area (Å²) in [4.78, 5) is 24.4. The van der Waals surface area contributed by atoms with Crippen molar-refractivity contribution in [1.82, 2.24) is 19.3 Å². The first-order valence-corrected chi connectivity index (χ1v) is 12.9. The molecule has 0 aromatic carbocycles. The Morgan fingerprint density at radius 1 is 1.17 bits per heavy atom. The number of pyridine rings is 1. The minimum absolute atomic E-state index is 0.0695. The summed E-state index contributed by atoms with van der Waals surface area (Å²) in [5.41, 5.74) is 0.0220. The molecule has 14 heteroatoms. The molecular weight excluding hydrogens is 532 g/mol. The second kappa shape index (κ2) is 9.88. The molecule has 0 spiro atoms. The van der Waals surface area contributed by atoms with E-state index in [-0.39, 0.29) is 27.8 Å². The summed E-state index contributed by atoms with van der Waals surface area (Å²) in [5.74, 6) is -0.465. The van der Waals surface area contributed by atoms with E-state index in [0.29, 0.717) is 17.0 Å². The first kappa shape index (κ1) is 25.6.